The summed E-state index contributed by atoms with van der Waals surface area (Å²) in [6.07, 6.45) is 1.51. The number of hydrogen-bond donors (Lipinski definition) is 1. The molecule has 0 fully saturated rings. The van der Waals surface area contributed by atoms with Gasteiger partial charge in [0.2, 0.25) is 0 Å². The molecular formula is C14H18ClN3O. The van der Waals surface area contributed by atoms with Crippen molar-refractivity contribution >= 4 is 11.6 Å². The van der Waals surface area contributed by atoms with Gasteiger partial charge in [-0.05, 0) is 32.4 Å². The zero-order valence-corrected chi connectivity index (χ0v) is 12.1. The molecule has 1 atom stereocenters. The Kier molecular flexibility index (Phi) is 4.22. The van der Waals surface area contributed by atoms with E-state index in [9.17, 15) is 5.11 Å². The second-order valence-electron chi connectivity index (χ2n) is 4.64. The molecule has 5 heteroatoms. The van der Waals surface area contributed by atoms with Gasteiger partial charge in [0.25, 0.3) is 0 Å². The number of aromatic nitrogens is 3. The first-order valence-corrected chi connectivity index (χ1v) is 6.73. The SMILES string of the molecule is CCn1nc(C)c(Cl)c1CC(O)c1ccc(C)cn1. The summed E-state index contributed by atoms with van der Waals surface area (Å²) in [7, 11) is 0. The monoisotopic (exact) mass is 279 g/mol. The average molecular weight is 280 g/mol. The molecule has 1 unspecified atom stereocenters. The highest BCUT2D eigenvalue weighted by atomic mass is 35.5. The van der Waals surface area contributed by atoms with Crippen molar-refractivity contribution in [3.05, 3.63) is 46.0 Å². The molecule has 0 aliphatic heterocycles. The smallest absolute Gasteiger partial charge is 0.101 e. The molecular weight excluding hydrogens is 262 g/mol. The van der Waals surface area contributed by atoms with Gasteiger partial charge in [0.1, 0.15) is 6.10 Å². The molecule has 102 valence electrons. The van der Waals surface area contributed by atoms with Gasteiger partial charge < -0.3 is 5.11 Å². The standard InChI is InChI=1S/C14H18ClN3O/c1-4-18-12(14(15)10(3)17-18)7-13(19)11-6-5-9(2)8-16-11/h5-6,8,13,19H,4,7H2,1-3H3. The van der Waals surface area contributed by atoms with E-state index in [4.69, 9.17) is 11.6 Å². The minimum Gasteiger partial charge on any atom is -0.386 e. The van der Waals surface area contributed by atoms with E-state index in [1.165, 1.54) is 0 Å². The number of aliphatic hydroxyl groups is 1. The van der Waals surface area contributed by atoms with Gasteiger partial charge >= 0.3 is 0 Å². The number of aryl methyl sites for hydroxylation is 3. The molecule has 0 spiro atoms. The van der Waals surface area contributed by atoms with Crippen LogP contribution >= 0.6 is 11.6 Å². The lowest BCUT2D eigenvalue weighted by Gasteiger charge is -2.12. The van der Waals surface area contributed by atoms with Crippen LogP contribution in [0.25, 0.3) is 0 Å². The van der Waals surface area contributed by atoms with E-state index < -0.39 is 6.10 Å². The largest absolute Gasteiger partial charge is 0.386 e. The van der Waals surface area contributed by atoms with Crippen LogP contribution in [0, 0.1) is 13.8 Å². The zero-order valence-electron chi connectivity index (χ0n) is 11.4. The van der Waals surface area contributed by atoms with E-state index in [-0.39, 0.29) is 0 Å². The molecule has 0 saturated carbocycles. The number of nitrogens with zero attached hydrogens (tertiary/aromatic N) is 3. The van der Waals surface area contributed by atoms with E-state index in [0.29, 0.717) is 17.1 Å². The van der Waals surface area contributed by atoms with E-state index in [0.717, 1.165) is 23.5 Å². The number of pyridine rings is 1. The van der Waals surface area contributed by atoms with Gasteiger partial charge in [0.05, 0.1) is 22.1 Å². The zero-order chi connectivity index (χ0) is 14.0. The van der Waals surface area contributed by atoms with Crippen molar-refractivity contribution in [2.24, 2.45) is 0 Å². The molecule has 0 aromatic carbocycles. The highest BCUT2D eigenvalue weighted by Crippen LogP contribution is 2.25. The third-order valence-corrected chi connectivity index (χ3v) is 3.61. The van der Waals surface area contributed by atoms with Crippen LogP contribution in [-0.4, -0.2) is 19.9 Å². The topological polar surface area (TPSA) is 50.9 Å². The number of hydrogen-bond acceptors (Lipinski definition) is 3. The van der Waals surface area contributed by atoms with Crippen LogP contribution < -0.4 is 0 Å². The summed E-state index contributed by atoms with van der Waals surface area (Å²) in [6, 6.07) is 3.78. The second kappa shape index (κ2) is 5.72. The Hall–Kier alpha value is -1.39. The molecule has 19 heavy (non-hydrogen) atoms. The Morgan fingerprint density at radius 1 is 1.37 bits per heavy atom. The molecule has 1 N–H and O–H groups in total. The summed E-state index contributed by atoms with van der Waals surface area (Å²) < 4.78 is 1.83. The molecule has 0 amide bonds. The van der Waals surface area contributed by atoms with Crippen LogP contribution in [0.3, 0.4) is 0 Å². The normalized spacial score (nSPS) is 12.7. The number of halogens is 1. The Bertz CT molecular complexity index is 563. The van der Waals surface area contributed by atoms with Gasteiger partial charge in [-0.25, -0.2) is 0 Å². The van der Waals surface area contributed by atoms with E-state index in [1.54, 1.807) is 6.20 Å². The first-order valence-electron chi connectivity index (χ1n) is 6.35. The van der Waals surface area contributed by atoms with Crippen molar-refractivity contribution in [1.29, 1.82) is 0 Å². The first kappa shape index (κ1) is 14.0. The van der Waals surface area contributed by atoms with Crippen LogP contribution in [0.1, 0.15) is 35.7 Å². The molecule has 0 aliphatic rings. The van der Waals surface area contributed by atoms with Crippen LogP contribution in [0.15, 0.2) is 18.3 Å². The van der Waals surface area contributed by atoms with Gasteiger partial charge in [-0.3, -0.25) is 9.67 Å². The van der Waals surface area contributed by atoms with Crippen LogP contribution in [-0.2, 0) is 13.0 Å². The van der Waals surface area contributed by atoms with Crippen molar-refractivity contribution in [2.75, 3.05) is 0 Å². The maximum Gasteiger partial charge on any atom is 0.101 e. The van der Waals surface area contributed by atoms with Crippen LogP contribution in [0.2, 0.25) is 5.02 Å². The fourth-order valence-corrected chi connectivity index (χ4v) is 2.24. The molecule has 0 radical (unpaired) electrons. The summed E-state index contributed by atoms with van der Waals surface area (Å²) in [5, 5.41) is 15.2. The molecule has 2 rings (SSSR count). The minimum atomic E-state index is -0.667. The Labute approximate surface area is 118 Å². The molecule has 2 heterocycles. The average Bonchev–Trinajstić information content (AvgIpc) is 2.67. The summed E-state index contributed by atoms with van der Waals surface area (Å²) in [6.45, 7) is 6.57. The highest BCUT2D eigenvalue weighted by molar-refractivity contribution is 6.31. The van der Waals surface area contributed by atoms with E-state index in [1.807, 2.05) is 37.6 Å². The molecule has 0 saturated heterocycles. The Morgan fingerprint density at radius 3 is 2.68 bits per heavy atom. The lowest BCUT2D eigenvalue weighted by atomic mass is 10.1. The predicted octanol–water partition coefficient (Wildman–Crippen LogP) is 2.84. The van der Waals surface area contributed by atoms with Crippen molar-refractivity contribution in [2.45, 2.75) is 39.8 Å². The molecule has 4 nitrogen and oxygen atoms in total. The fraction of sp³-hybridized carbons (Fsp3) is 0.429. The van der Waals surface area contributed by atoms with Crippen molar-refractivity contribution < 1.29 is 5.11 Å². The lowest BCUT2D eigenvalue weighted by Crippen LogP contribution is -2.10. The van der Waals surface area contributed by atoms with Gasteiger partial charge in [-0.15, -0.1) is 0 Å². The summed E-state index contributed by atoms with van der Waals surface area (Å²) in [5.41, 5.74) is 3.38. The van der Waals surface area contributed by atoms with Crippen molar-refractivity contribution in [3.8, 4) is 0 Å². The second-order valence-corrected chi connectivity index (χ2v) is 5.02. The van der Waals surface area contributed by atoms with Gasteiger partial charge in [0, 0.05) is 19.2 Å². The summed E-state index contributed by atoms with van der Waals surface area (Å²) in [5.74, 6) is 0. The third-order valence-electron chi connectivity index (χ3n) is 3.12. The fourth-order valence-electron chi connectivity index (χ4n) is 2.03. The minimum absolute atomic E-state index is 0.420. The van der Waals surface area contributed by atoms with Gasteiger partial charge in [-0.1, -0.05) is 17.7 Å². The Morgan fingerprint density at radius 2 is 2.11 bits per heavy atom. The van der Waals surface area contributed by atoms with Crippen molar-refractivity contribution in [1.82, 2.24) is 14.8 Å². The summed E-state index contributed by atoms with van der Waals surface area (Å²) >= 11 is 6.23. The first-order chi connectivity index (χ1) is 9.02. The predicted molar refractivity (Wildman–Crippen MR) is 75.3 cm³/mol. The number of rotatable bonds is 4. The summed E-state index contributed by atoms with van der Waals surface area (Å²) in [4.78, 5) is 4.24. The van der Waals surface area contributed by atoms with Crippen LogP contribution in [0.5, 0.6) is 0 Å². The Balaban J connectivity index is 2.23. The lowest BCUT2D eigenvalue weighted by molar-refractivity contribution is 0.170. The van der Waals surface area contributed by atoms with Gasteiger partial charge in [0.15, 0.2) is 0 Å². The maximum absolute atomic E-state index is 10.3. The highest BCUT2D eigenvalue weighted by Gasteiger charge is 2.18. The molecule has 2 aromatic heterocycles. The molecule has 0 aliphatic carbocycles. The van der Waals surface area contributed by atoms with E-state index in [2.05, 4.69) is 10.1 Å². The molecule has 2 aromatic rings. The van der Waals surface area contributed by atoms with Crippen molar-refractivity contribution in [3.63, 3.8) is 0 Å². The molecule has 0 bridgehead atoms. The van der Waals surface area contributed by atoms with Crippen LogP contribution in [0.4, 0.5) is 0 Å². The van der Waals surface area contributed by atoms with E-state index >= 15 is 0 Å². The third kappa shape index (κ3) is 2.96. The maximum atomic E-state index is 10.3. The number of aliphatic hydroxyl groups excluding tert-OH is 1. The quantitative estimate of drug-likeness (QED) is 0.936. The van der Waals surface area contributed by atoms with Gasteiger partial charge in [-0.2, -0.15) is 5.10 Å².